The quantitative estimate of drug-likeness (QED) is 0.177. The fraction of sp³-hybridized carbons (Fsp3) is 0.250. The Kier molecular flexibility index (Phi) is 6.05. The highest BCUT2D eigenvalue weighted by atomic mass is 32.1. The molecule has 0 aliphatic rings. The van der Waals surface area contributed by atoms with Crippen molar-refractivity contribution >= 4 is 84.6 Å². The van der Waals surface area contributed by atoms with Gasteiger partial charge in [0, 0.05) is 32.3 Å². The van der Waals surface area contributed by atoms with Gasteiger partial charge >= 0.3 is 0 Å². The van der Waals surface area contributed by atoms with E-state index >= 15 is 0 Å². The van der Waals surface area contributed by atoms with Gasteiger partial charge in [0.2, 0.25) is 10.9 Å². The van der Waals surface area contributed by atoms with Crippen LogP contribution in [0.25, 0.3) is 61.9 Å². The van der Waals surface area contributed by atoms with Crippen LogP contribution in [-0.4, -0.2) is 13.2 Å². The van der Waals surface area contributed by atoms with Crippen molar-refractivity contribution in [1.82, 2.24) is 0 Å². The third kappa shape index (κ3) is 3.70. The molecular formula is C32H22F4O4S2. The molecule has 0 radical (unpaired) electrons. The Balaban J connectivity index is 1.74. The van der Waals surface area contributed by atoms with E-state index in [1.54, 1.807) is 0 Å². The van der Waals surface area contributed by atoms with Crippen molar-refractivity contribution < 1.29 is 27.0 Å². The molecule has 0 spiro atoms. The molecule has 0 bridgehead atoms. The zero-order valence-corrected chi connectivity index (χ0v) is 24.5. The van der Waals surface area contributed by atoms with E-state index < -0.39 is 34.1 Å². The predicted octanol–water partition coefficient (Wildman–Crippen LogP) is 8.95. The largest absolute Gasteiger partial charge is 0.491 e. The number of hydrogen-bond donors (Lipinski definition) is 0. The van der Waals surface area contributed by atoms with Crippen molar-refractivity contribution in [1.29, 1.82) is 0 Å². The average molecular weight is 611 g/mol. The zero-order chi connectivity index (χ0) is 29.8. The summed E-state index contributed by atoms with van der Waals surface area (Å²) in [5.41, 5.74) is -0.868. The maximum atomic E-state index is 14.5. The first kappa shape index (κ1) is 27.1. The highest BCUT2D eigenvalue weighted by molar-refractivity contribution is 7.28. The Morgan fingerprint density at radius 2 is 0.881 bits per heavy atom. The van der Waals surface area contributed by atoms with Crippen LogP contribution in [0.4, 0.5) is 17.6 Å². The maximum absolute atomic E-state index is 14.5. The van der Waals surface area contributed by atoms with Gasteiger partial charge in [0.15, 0.2) is 23.3 Å². The Morgan fingerprint density at radius 1 is 0.548 bits per heavy atom. The first-order valence-corrected chi connectivity index (χ1v) is 15.0. The molecule has 2 heterocycles. The minimum atomic E-state index is -1.11. The number of thiophene rings is 2. The first-order chi connectivity index (χ1) is 20.0. The number of benzene rings is 3. The summed E-state index contributed by atoms with van der Waals surface area (Å²) < 4.78 is 71.9. The molecule has 0 unspecified atom stereocenters. The lowest BCUT2D eigenvalue weighted by Gasteiger charge is -2.16. The highest BCUT2D eigenvalue weighted by Crippen LogP contribution is 2.56. The Morgan fingerprint density at radius 3 is 1.21 bits per heavy atom. The fourth-order valence-electron chi connectivity index (χ4n) is 5.58. The second-order valence-electron chi connectivity index (χ2n) is 11.4. The van der Waals surface area contributed by atoms with E-state index in [1.165, 1.54) is 0 Å². The van der Waals surface area contributed by atoms with Gasteiger partial charge in [-0.2, -0.15) is 0 Å². The molecule has 7 aromatic rings. The van der Waals surface area contributed by atoms with Crippen molar-refractivity contribution in [3.63, 3.8) is 0 Å². The van der Waals surface area contributed by atoms with Crippen LogP contribution in [0.15, 0.2) is 33.9 Å². The summed E-state index contributed by atoms with van der Waals surface area (Å²) >= 11 is 2.25. The van der Waals surface area contributed by atoms with Crippen molar-refractivity contribution in [3.05, 3.63) is 68.0 Å². The Hall–Kier alpha value is -3.76. The van der Waals surface area contributed by atoms with Crippen molar-refractivity contribution in [2.75, 3.05) is 13.2 Å². The molecule has 0 aliphatic carbocycles. The van der Waals surface area contributed by atoms with Gasteiger partial charge in [-0.1, -0.05) is 27.7 Å². The number of fused-ring (bicyclic) bond motifs is 10. The van der Waals surface area contributed by atoms with E-state index in [-0.39, 0.29) is 46.6 Å². The molecule has 0 atom stereocenters. The van der Waals surface area contributed by atoms with Gasteiger partial charge in [-0.25, -0.2) is 17.6 Å². The summed E-state index contributed by atoms with van der Waals surface area (Å²) in [5, 5.41) is 2.52. The smallest absolute Gasteiger partial charge is 0.204 e. The molecule has 0 aliphatic heterocycles. The van der Waals surface area contributed by atoms with E-state index in [0.717, 1.165) is 46.9 Å². The standard InChI is InChI=1S/C32H22F4O4S2/c1-11(2)9-39-27-23-21-13-5-17(33)19(35)7-15(13)25(37)29(21)42-32(23)28(40-10-12(3)4)24-22-14-6-18(34)20(36)8-16(14)26(38)30(22)41-31(24)27/h5-8,11-12H,9-10H2,1-4H3. The van der Waals surface area contributed by atoms with E-state index in [1.807, 2.05) is 27.7 Å². The highest BCUT2D eigenvalue weighted by Gasteiger charge is 2.30. The van der Waals surface area contributed by atoms with Gasteiger partial charge in [-0.3, -0.25) is 9.59 Å². The number of halogens is 4. The summed E-state index contributed by atoms with van der Waals surface area (Å²) in [7, 11) is 0. The van der Waals surface area contributed by atoms with Gasteiger partial charge in [-0.15, -0.1) is 22.7 Å². The van der Waals surface area contributed by atoms with Crippen LogP contribution in [0.2, 0.25) is 0 Å². The summed E-state index contributed by atoms with van der Waals surface area (Å²) in [5.74, 6) is -3.43. The lowest BCUT2D eigenvalue weighted by atomic mass is 10.0. The molecular weight excluding hydrogens is 588 g/mol. The molecule has 0 saturated carbocycles. The summed E-state index contributed by atoms with van der Waals surface area (Å²) in [6.07, 6.45) is 0. The average Bonchev–Trinajstić information content (AvgIpc) is 3.64. The molecule has 5 aromatic carbocycles. The molecule has 0 saturated heterocycles. The number of hydrogen-bond acceptors (Lipinski definition) is 6. The van der Waals surface area contributed by atoms with E-state index in [2.05, 4.69) is 0 Å². The van der Waals surface area contributed by atoms with Crippen LogP contribution in [0, 0.1) is 35.1 Å². The van der Waals surface area contributed by atoms with E-state index in [9.17, 15) is 27.2 Å². The minimum Gasteiger partial charge on any atom is -0.491 e. The third-order valence-electron chi connectivity index (χ3n) is 7.37. The molecule has 0 N–H and O–H groups in total. The van der Waals surface area contributed by atoms with Crippen LogP contribution in [-0.2, 0) is 0 Å². The van der Waals surface area contributed by atoms with Crippen LogP contribution in [0.5, 0.6) is 11.5 Å². The van der Waals surface area contributed by atoms with Gasteiger partial charge in [0.25, 0.3) is 0 Å². The first-order valence-electron chi connectivity index (χ1n) is 13.4. The van der Waals surface area contributed by atoms with Crippen molar-refractivity contribution in [2.24, 2.45) is 11.8 Å². The lowest BCUT2D eigenvalue weighted by molar-refractivity contribution is 0.273. The Labute approximate surface area is 243 Å². The summed E-state index contributed by atoms with van der Waals surface area (Å²) in [6.45, 7) is 8.44. The van der Waals surface area contributed by atoms with Crippen LogP contribution < -0.4 is 20.3 Å². The molecule has 0 amide bonds. The van der Waals surface area contributed by atoms with Gasteiger partial charge < -0.3 is 9.47 Å². The van der Waals surface area contributed by atoms with Gasteiger partial charge in [0.1, 0.15) is 11.5 Å². The normalized spacial score (nSPS) is 12.6. The van der Waals surface area contributed by atoms with E-state index in [0.29, 0.717) is 51.8 Å². The molecule has 0 fully saturated rings. The molecule has 214 valence electrons. The number of ether oxygens (including phenoxy) is 2. The van der Waals surface area contributed by atoms with Crippen molar-refractivity contribution in [2.45, 2.75) is 27.7 Å². The SMILES string of the molecule is CC(C)COc1c2sc3c(=O)c4cc(F)c(F)cc4c3c2c(OCC(C)C)c2sc3c(=O)c4cc(F)c(F)cc4c3c12. The van der Waals surface area contributed by atoms with Crippen LogP contribution in [0.1, 0.15) is 27.7 Å². The second-order valence-corrected chi connectivity index (χ2v) is 13.4. The van der Waals surface area contributed by atoms with Gasteiger partial charge in [-0.05, 0) is 46.9 Å². The van der Waals surface area contributed by atoms with E-state index in [4.69, 9.17) is 9.47 Å². The number of rotatable bonds is 6. The molecule has 2 aromatic heterocycles. The molecule has 10 heteroatoms. The molecule has 7 rings (SSSR count). The lowest BCUT2D eigenvalue weighted by Crippen LogP contribution is -2.07. The fourth-order valence-corrected chi connectivity index (χ4v) is 8.12. The van der Waals surface area contributed by atoms with Crippen LogP contribution >= 0.6 is 22.7 Å². The summed E-state index contributed by atoms with van der Waals surface area (Å²) in [6, 6.07) is 3.88. The molecule has 42 heavy (non-hydrogen) atoms. The van der Waals surface area contributed by atoms with Gasteiger partial charge in [0.05, 0.1) is 32.0 Å². The Bertz CT molecular complexity index is 2190. The summed E-state index contributed by atoms with van der Waals surface area (Å²) in [4.78, 5) is 27.0. The maximum Gasteiger partial charge on any atom is 0.204 e. The topological polar surface area (TPSA) is 52.6 Å². The van der Waals surface area contributed by atoms with Crippen molar-refractivity contribution in [3.8, 4) is 11.5 Å². The second kappa shape index (κ2) is 9.37. The third-order valence-corrected chi connectivity index (χ3v) is 9.74. The monoisotopic (exact) mass is 610 g/mol. The van der Waals surface area contributed by atoms with Crippen LogP contribution in [0.3, 0.4) is 0 Å². The molecule has 4 nitrogen and oxygen atoms in total. The zero-order valence-electron chi connectivity index (χ0n) is 22.8. The predicted molar refractivity (Wildman–Crippen MR) is 163 cm³/mol. The minimum absolute atomic E-state index is 0.0619.